The van der Waals surface area contributed by atoms with Gasteiger partial charge in [0.15, 0.2) is 0 Å². The number of aryl methyl sites for hydroxylation is 1. The topological polar surface area (TPSA) is 75.1 Å². The molecule has 0 amide bonds. The standard InChI is InChI=1S/C10H13N3O2/c1-4-6(2)12-10-11-5-8(9(14)15)7(3)13-10/h4-6H,1H2,2-3H3,(H,14,15)(H,11,12,13). The SMILES string of the molecule is C=CC(C)Nc1ncc(C(=O)O)c(C)n1. The average Bonchev–Trinajstić information content (AvgIpc) is 2.17. The van der Waals surface area contributed by atoms with Crippen molar-refractivity contribution in [1.29, 1.82) is 0 Å². The Morgan fingerprint density at radius 1 is 1.73 bits per heavy atom. The molecule has 0 fully saturated rings. The van der Waals surface area contributed by atoms with Gasteiger partial charge in [-0.05, 0) is 13.8 Å². The van der Waals surface area contributed by atoms with Gasteiger partial charge in [0.2, 0.25) is 5.95 Å². The summed E-state index contributed by atoms with van der Waals surface area (Å²) >= 11 is 0. The van der Waals surface area contributed by atoms with Crippen LogP contribution in [0, 0.1) is 6.92 Å². The summed E-state index contributed by atoms with van der Waals surface area (Å²) in [7, 11) is 0. The number of hydrogen-bond donors (Lipinski definition) is 2. The molecular formula is C10H13N3O2. The maximum absolute atomic E-state index is 10.7. The van der Waals surface area contributed by atoms with Crippen molar-refractivity contribution >= 4 is 11.9 Å². The van der Waals surface area contributed by atoms with Crippen LogP contribution in [0.4, 0.5) is 5.95 Å². The summed E-state index contributed by atoms with van der Waals surface area (Å²) < 4.78 is 0. The molecule has 0 aromatic carbocycles. The van der Waals surface area contributed by atoms with E-state index >= 15 is 0 Å². The van der Waals surface area contributed by atoms with E-state index in [1.165, 1.54) is 6.20 Å². The number of carbonyl (C=O) groups is 1. The molecule has 0 saturated heterocycles. The highest BCUT2D eigenvalue weighted by Gasteiger charge is 2.10. The van der Waals surface area contributed by atoms with Gasteiger partial charge in [0.05, 0.1) is 11.3 Å². The molecule has 0 aliphatic rings. The molecule has 0 aliphatic heterocycles. The van der Waals surface area contributed by atoms with Gasteiger partial charge in [-0.1, -0.05) is 6.08 Å². The van der Waals surface area contributed by atoms with Gasteiger partial charge in [-0.15, -0.1) is 6.58 Å². The lowest BCUT2D eigenvalue weighted by atomic mass is 10.2. The van der Waals surface area contributed by atoms with E-state index in [2.05, 4.69) is 21.9 Å². The van der Waals surface area contributed by atoms with Gasteiger partial charge in [-0.2, -0.15) is 0 Å². The Kier molecular flexibility index (Phi) is 3.38. The van der Waals surface area contributed by atoms with E-state index in [4.69, 9.17) is 5.11 Å². The van der Waals surface area contributed by atoms with Crippen LogP contribution in [-0.4, -0.2) is 27.1 Å². The maximum atomic E-state index is 10.7. The number of nitrogens with zero attached hydrogens (tertiary/aromatic N) is 2. The van der Waals surface area contributed by atoms with Crippen molar-refractivity contribution in [2.24, 2.45) is 0 Å². The molecule has 0 aliphatic carbocycles. The second-order valence-electron chi connectivity index (χ2n) is 3.17. The second-order valence-corrected chi connectivity index (χ2v) is 3.17. The second kappa shape index (κ2) is 4.54. The molecule has 1 unspecified atom stereocenters. The number of aromatic carboxylic acids is 1. The molecule has 5 nitrogen and oxygen atoms in total. The van der Waals surface area contributed by atoms with Crippen molar-refractivity contribution in [2.45, 2.75) is 19.9 Å². The van der Waals surface area contributed by atoms with Crippen molar-refractivity contribution in [3.05, 3.63) is 30.1 Å². The molecule has 0 spiro atoms. The number of rotatable bonds is 4. The minimum Gasteiger partial charge on any atom is -0.478 e. The van der Waals surface area contributed by atoms with Gasteiger partial charge in [0.25, 0.3) is 0 Å². The van der Waals surface area contributed by atoms with Crippen LogP contribution in [0.25, 0.3) is 0 Å². The highest BCUT2D eigenvalue weighted by atomic mass is 16.4. The lowest BCUT2D eigenvalue weighted by molar-refractivity contribution is 0.0695. The summed E-state index contributed by atoms with van der Waals surface area (Å²) in [5.41, 5.74) is 0.558. The molecule has 1 rings (SSSR count). The fraction of sp³-hybridized carbons (Fsp3) is 0.300. The van der Waals surface area contributed by atoms with Crippen LogP contribution in [0.2, 0.25) is 0 Å². The summed E-state index contributed by atoms with van der Waals surface area (Å²) in [6, 6.07) is 0.0417. The van der Waals surface area contributed by atoms with Crippen molar-refractivity contribution in [1.82, 2.24) is 9.97 Å². The molecule has 1 atom stereocenters. The number of hydrogen-bond acceptors (Lipinski definition) is 4. The number of carboxylic acid groups (broad SMARTS) is 1. The first-order valence-electron chi connectivity index (χ1n) is 4.50. The van der Waals surface area contributed by atoms with E-state index in [1.54, 1.807) is 13.0 Å². The quantitative estimate of drug-likeness (QED) is 0.731. The minimum absolute atomic E-state index is 0.0417. The fourth-order valence-corrected chi connectivity index (χ4v) is 1.01. The van der Waals surface area contributed by atoms with E-state index < -0.39 is 5.97 Å². The van der Waals surface area contributed by atoms with Crippen LogP contribution in [0.1, 0.15) is 23.0 Å². The fourth-order valence-electron chi connectivity index (χ4n) is 1.01. The van der Waals surface area contributed by atoms with E-state index in [9.17, 15) is 4.79 Å². The molecule has 80 valence electrons. The first-order valence-corrected chi connectivity index (χ1v) is 4.50. The predicted octanol–water partition coefficient (Wildman–Crippen LogP) is 1.47. The zero-order valence-corrected chi connectivity index (χ0v) is 8.69. The van der Waals surface area contributed by atoms with Crippen molar-refractivity contribution in [3.63, 3.8) is 0 Å². The summed E-state index contributed by atoms with van der Waals surface area (Å²) in [6.45, 7) is 7.15. The van der Waals surface area contributed by atoms with E-state index in [0.29, 0.717) is 11.6 Å². The highest BCUT2D eigenvalue weighted by Crippen LogP contribution is 2.07. The maximum Gasteiger partial charge on any atom is 0.339 e. The Labute approximate surface area is 87.9 Å². The highest BCUT2D eigenvalue weighted by molar-refractivity contribution is 5.88. The lowest BCUT2D eigenvalue weighted by Gasteiger charge is -2.09. The van der Waals surface area contributed by atoms with Crippen LogP contribution >= 0.6 is 0 Å². The Morgan fingerprint density at radius 2 is 2.40 bits per heavy atom. The molecule has 5 heteroatoms. The molecule has 15 heavy (non-hydrogen) atoms. The molecule has 2 N–H and O–H groups in total. The van der Waals surface area contributed by atoms with Crippen LogP contribution in [0.15, 0.2) is 18.9 Å². The van der Waals surface area contributed by atoms with E-state index in [-0.39, 0.29) is 11.6 Å². The molecule has 0 bridgehead atoms. The molecule has 1 aromatic heterocycles. The zero-order chi connectivity index (χ0) is 11.4. The number of anilines is 1. The Morgan fingerprint density at radius 3 is 2.87 bits per heavy atom. The Balaban J connectivity index is 2.91. The summed E-state index contributed by atoms with van der Waals surface area (Å²) in [5.74, 6) is -0.610. The Hall–Kier alpha value is -1.91. The monoisotopic (exact) mass is 207 g/mol. The first kappa shape index (κ1) is 11.2. The molecule has 1 heterocycles. The van der Waals surface area contributed by atoms with Gasteiger partial charge in [-0.3, -0.25) is 0 Å². The normalized spacial score (nSPS) is 11.9. The van der Waals surface area contributed by atoms with Gasteiger partial charge in [-0.25, -0.2) is 14.8 Å². The lowest BCUT2D eigenvalue weighted by Crippen LogP contribution is -2.15. The van der Waals surface area contributed by atoms with Crippen LogP contribution < -0.4 is 5.32 Å². The van der Waals surface area contributed by atoms with E-state index in [0.717, 1.165) is 0 Å². The number of carboxylic acids is 1. The van der Waals surface area contributed by atoms with Gasteiger partial charge >= 0.3 is 5.97 Å². The third kappa shape index (κ3) is 2.77. The smallest absolute Gasteiger partial charge is 0.339 e. The van der Waals surface area contributed by atoms with Crippen LogP contribution in [-0.2, 0) is 0 Å². The molecular weight excluding hydrogens is 194 g/mol. The van der Waals surface area contributed by atoms with Crippen molar-refractivity contribution < 1.29 is 9.90 Å². The minimum atomic E-state index is -1.02. The van der Waals surface area contributed by atoms with Gasteiger partial charge < -0.3 is 10.4 Å². The third-order valence-corrected chi connectivity index (χ3v) is 1.92. The summed E-state index contributed by atoms with van der Waals surface area (Å²) in [4.78, 5) is 18.6. The van der Waals surface area contributed by atoms with E-state index in [1.807, 2.05) is 6.92 Å². The zero-order valence-electron chi connectivity index (χ0n) is 8.69. The largest absolute Gasteiger partial charge is 0.478 e. The first-order chi connectivity index (χ1) is 7.04. The van der Waals surface area contributed by atoms with Crippen molar-refractivity contribution in [3.8, 4) is 0 Å². The molecule has 0 radical (unpaired) electrons. The number of aromatic nitrogens is 2. The van der Waals surface area contributed by atoms with Gasteiger partial charge in [0, 0.05) is 12.2 Å². The third-order valence-electron chi connectivity index (χ3n) is 1.92. The van der Waals surface area contributed by atoms with Gasteiger partial charge in [0.1, 0.15) is 0 Å². The molecule has 0 saturated carbocycles. The summed E-state index contributed by atoms with van der Waals surface area (Å²) in [6.07, 6.45) is 3.01. The molecule has 1 aromatic rings. The van der Waals surface area contributed by atoms with Crippen LogP contribution in [0.3, 0.4) is 0 Å². The average molecular weight is 207 g/mol. The summed E-state index contributed by atoms with van der Waals surface area (Å²) in [5, 5.41) is 11.7. The number of nitrogens with one attached hydrogen (secondary N) is 1. The van der Waals surface area contributed by atoms with Crippen molar-refractivity contribution in [2.75, 3.05) is 5.32 Å². The van der Waals surface area contributed by atoms with Crippen LogP contribution in [0.5, 0.6) is 0 Å². The Bertz CT molecular complexity index is 390. The predicted molar refractivity (Wildman–Crippen MR) is 57.0 cm³/mol.